The minimum Gasteiger partial charge on any atom is -0.496 e. The Hall–Kier alpha value is -2.26. The van der Waals surface area contributed by atoms with E-state index in [1.54, 1.807) is 7.11 Å². The van der Waals surface area contributed by atoms with Gasteiger partial charge in [-0.3, -0.25) is 0 Å². The van der Waals surface area contributed by atoms with Crippen LogP contribution in [0.15, 0.2) is 60.8 Å². The average Bonchev–Trinajstić information content (AvgIpc) is 2.55. The van der Waals surface area contributed by atoms with Gasteiger partial charge in [-0.1, -0.05) is 49.0 Å². The van der Waals surface area contributed by atoms with E-state index in [0.717, 1.165) is 29.9 Å². The molecule has 2 N–H and O–H groups in total. The lowest BCUT2D eigenvalue weighted by molar-refractivity contribution is 0.248. The summed E-state index contributed by atoms with van der Waals surface area (Å²) < 4.78 is 5.28. The third-order valence-electron chi connectivity index (χ3n) is 3.83. The molecule has 122 valence electrons. The van der Waals surface area contributed by atoms with Crippen LogP contribution in [-0.4, -0.2) is 24.9 Å². The first-order valence-corrected chi connectivity index (χ1v) is 7.85. The fourth-order valence-electron chi connectivity index (χ4n) is 2.70. The van der Waals surface area contributed by atoms with Crippen LogP contribution in [0.25, 0.3) is 0 Å². The zero-order valence-electron chi connectivity index (χ0n) is 13.9. The van der Waals surface area contributed by atoms with Crippen molar-refractivity contribution in [3.63, 3.8) is 0 Å². The molecule has 0 radical (unpaired) electrons. The third kappa shape index (κ3) is 5.15. The Morgan fingerprint density at radius 2 is 1.91 bits per heavy atom. The van der Waals surface area contributed by atoms with Crippen molar-refractivity contribution < 1.29 is 9.84 Å². The van der Waals surface area contributed by atoms with Crippen molar-refractivity contribution >= 4 is 0 Å². The summed E-state index contributed by atoms with van der Waals surface area (Å²) in [5.74, 6) is 0.893. The highest BCUT2D eigenvalue weighted by Crippen LogP contribution is 2.19. The summed E-state index contributed by atoms with van der Waals surface area (Å²) in [6, 6.07) is 16.3. The van der Waals surface area contributed by atoms with E-state index in [4.69, 9.17) is 4.74 Å². The highest BCUT2D eigenvalue weighted by atomic mass is 16.5. The van der Waals surface area contributed by atoms with Crippen LogP contribution in [0.5, 0.6) is 5.75 Å². The van der Waals surface area contributed by atoms with Crippen LogP contribution in [0.1, 0.15) is 16.7 Å². The molecular weight excluding hydrogens is 286 g/mol. The molecular formula is C20H25NO2. The molecule has 23 heavy (non-hydrogen) atoms. The summed E-state index contributed by atoms with van der Waals surface area (Å²) in [5, 5.41) is 12.9. The highest BCUT2D eigenvalue weighted by molar-refractivity contribution is 5.37. The van der Waals surface area contributed by atoms with Gasteiger partial charge in [0.1, 0.15) is 5.75 Å². The molecule has 1 atom stereocenters. The monoisotopic (exact) mass is 311 g/mol. The van der Waals surface area contributed by atoms with Crippen molar-refractivity contribution in [1.82, 2.24) is 5.32 Å². The Morgan fingerprint density at radius 1 is 1.17 bits per heavy atom. The van der Waals surface area contributed by atoms with E-state index in [1.165, 1.54) is 11.1 Å². The maximum absolute atomic E-state index is 9.59. The summed E-state index contributed by atoms with van der Waals surface area (Å²) in [7, 11) is 1.68. The summed E-state index contributed by atoms with van der Waals surface area (Å²) in [4.78, 5) is 0. The summed E-state index contributed by atoms with van der Waals surface area (Å²) in [6.45, 7) is 6.21. The number of aliphatic hydroxyl groups is 1. The van der Waals surface area contributed by atoms with Gasteiger partial charge in [0.25, 0.3) is 0 Å². The molecule has 0 saturated carbocycles. The van der Waals surface area contributed by atoms with E-state index >= 15 is 0 Å². The molecule has 1 unspecified atom stereocenters. The number of methoxy groups -OCH3 is 1. The first-order valence-electron chi connectivity index (χ1n) is 7.85. The summed E-state index contributed by atoms with van der Waals surface area (Å²) in [5.41, 5.74) is 4.40. The number of hydrogen-bond donors (Lipinski definition) is 2. The van der Waals surface area contributed by atoms with E-state index < -0.39 is 0 Å². The van der Waals surface area contributed by atoms with Gasteiger partial charge in [-0.05, 0) is 36.1 Å². The predicted molar refractivity (Wildman–Crippen MR) is 94.7 cm³/mol. The number of rotatable bonds is 8. The minimum atomic E-state index is -0.0238. The van der Waals surface area contributed by atoms with Gasteiger partial charge in [-0.25, -0.2) is 0 Å². The van der Waals surface area contributed by atoms with Gasteiger partial charge in [0, 0.05) is 12.1 Å². The number of ether oxygens (including phenoxy) is 1. The van der Waals surface area contributed by atoms with E-state index in [2.05, 4.69) is 30.1 Å². The molecule has 2 rings (SSSR count). The van der Waals surface area contributed by atoms with Crippen LogP contribution in [0.4, 0.5) is 0 Å². The van der Waals surface area contributed by atoms with E-state index in [9.17, 15) is 5.11 Å². The summed E-state index contributed by atoms with van der Waals surface area (Å²) in [6.07, 6.45) is 1.51. The number of aryl methyl sites for hydroxylation is 1. The van der Waals surface area contributed by atoms with Gasteiger partial charge >= 0.3 is 0 Å². The average molecular weight is 311 g/mol. The molecule has 0 aromatic heterocycles. The maximum Gasteiger partial charge on any atom is 0.121 e. The van der Waals surface area contributed by atoms with Crippen molar-refractivity contribution in [3.8, 4) is 5.75 Å². The first kappa shape index (κ1) is 17.1. The molecule has 0 aliphatic heterocycles. The van der Waals surface area contributed by atoms with Crippen molar-refractivity contribution in [2.75, 3.05) is 13.7 Å². The lowest BCUT2D eigenvalue weighted by Crippen LogP contribution is -2.34. The Kier molecular flexibility index (Phi) is 6.24. The Morgan fingerprint density at radius 3 is 2.52 bits per heavy atom. The van der Waals surface area contributed by atoms with Gasteiger partial charge in [0.15, 0.2) is 0 Å². The SMILES string of the molecule is C=C(Cc1ccc(OC)c(C)c1)NC(CO)Cc1ccccc1. The van der Waals surface area contributed by atoms with Crippen LogP contribution in [-0.2, 0) is 12.8 Å². The zero-order valence-corrected chi connectivity index (χ0v) is 13.9. The van der Waals surface area contributed by atoms with Crippen molar-refractivity contribution in [2.45, 2.75) is 25.8 Å². The lowest BCUT2D eigenvalue weighted by atomic mass is 10.0. The molecule has 0 heterocycles. The first-order chi connectivity index (χ1) is 11.1. The number of benzene rings is 2. The van der Waals surface area contributed by atoms with E-state index in [1.807, 2.05) is 37.3 Å². The lowest BCUT2D eigenvalue weighted by Gasteiger charge is -2.20. The second kappa shape index (κ2) is 8.39. The van der Waals surface area contributed by atoms with Gasteiger partial charge in [-0.15, -0.1) is 0 Å². The molecule has 2 aromatic rings. The fourth-order valence-corrected chi connectivity index (χ4v) is 2.70. The molecule has 2 aromatic carbocycles. The molecule has 3 nitrogen and oxygen atoms in total. The highest BCUT2D eigenvalue weighted by Gasteiger charge is 2.10. The molecule has 0 saturated heterocycles. The normalized spacial score (nSPS) is 11.8. The minimum absolute atomic E-state index is 0.0238. The number of hydrogen-bond acceptors (Lipinski definition) is 3. The Labute approximate surface area is 138 Å². The number of aliphatic hydroxyl groups excluding tert-OH is 1. The molecule has 0 fully saturated rings. The van der Waals surface area contributed by atoms with Gasteiger partial charge < -0.3 is 15.2 Å². The standard InChI is InChI=1S/C20H25NO2/c1-15-11-18(9-10-20(15)23-3)12-16(2)21-19(14-22)13-17-7-5-4-6-8-17/h4-11,19,21-22H,2,12-14H2,1,3H3. The van der Waals surface area contributed by atoms with Crippen LogP contribution in [0.2, 0.25) is 0 Å². The van der Waals surface area contributed by atoms with Gasteiger partial charge in [-0.2, -0.15) is 0 Å². The third-order valence-corrected chi connectivity index (χ3v) is 3.83. The Balaban J connectivity index is 1.93. The molecule has 0 bridgehead atoms. The van der Waals surface area contributed by atoms with E-state index in [-0.39, 0.29) is 12.6 Å². The predicted octanol–water partition coefficient (Wildman–Crippen LogP) is 3.25. The topological polar surface area (TPSA) is 41.5 Å². The van der Waals surface area contributed by atoms with Gasteiger partial charge in [0.2, 0.25) is 0 Å². The zero-order chi connectivity index (χ0) is 16.7. The fraction of sp³-hybridized carbons (Fsp3) is 0.300. The van der Waals surface area contributed by atoms with Crippen molar-refractivity contribution in [1.29, 1.82) is 0 Å². The van der Waals surface area contributed by atoms with Crippen molar-refractivity contribution in [2.24, 2.45) is 0 Å². The number of nitrogens with one attached hydrogen (secondary N) is 1. The largest absolute Gasteiger partial charge is 0.496 e. The van der Waals surface area contributed by atoms with Crippen LogP contribution in [0, 0.1) is 6.92 Å². The van der Waals surface area contributed by atoms with Gasteiger partial charge in [0.05, 0.1) is 19.8 Å². The maximum atomic E-state index is 9.59. The molecule has 3 heteroatoms. The quantitative estimate of drug-likeness (QED) is 0.786. The molecule has 0 amide bonds. The second-order valence-electron chi connectivity index (χ2n) is 5.80. The van der Waals surface area contributed by atoms with Crippen LogP contribution < -0.4 is 10.1 Å². The van der Waals surface area contributed by atoms with Crippen LogP contribution >= 0.6 is 0 Å². The van der Waals surface area contributed by atoms with Crippen molar-refractivity contribution in [3.05, 3.63) is 77.5 Å². The molecule has 0 aliphatic carbocycles. The molecule has 0 aliphatic rings. The Bertz CT molecular complexity index is 637. The smallest absolute Gasteiger partial charge is 0.121 e. The molecule has 0 spiro atoms. The second-order valence-corrected chi connectivity index (χ2v) is 5.80. The number of allylic oxidation sites excluding steroid dienone is 1. The summed E-state index contributed by atoms with van der Waals surface area (Å²) >= 11 is 0. The van der Waals surface area contributed by atoms with E-state index in [0.29, 0.717) is 0 Å². The van der Waals surface area contributed by atoms with Crippen LogP contribution in [0.3, 0.4) is 0 Å².